The number of hydrogen-bond acceptors (Lipinski definition) is 5. The van der Waals surface area contributed by atoms with Crippen molar-refractivity contribution in [2.24, 2.45) is 22.7 Å². The number of rotatable bonds is 5. The van der Waals surface area contributed by atoms with Gasteiger partial charge < -0.3 is 10.1 Å². The molecule has 1 aromatic carbocycles. The number of aliphatic imine (C=N–C) groups is 1. The number of nitrogens with zero attached hydrogens (tertiary/aromatic N) is 1. The highest BCUT2D eigenvalue weighted by Gasteiger charge is 2.35. The van der Waals surface area contributed by atoms with Crippen molar-refractivity contribution >= 4 is 34.7 Å². The number of benzene rings is 1. The van der Waals surface area contributed by atoms with E-state index in [0.29, 0.717) is 23.3 Å². The lowest BCUT2D eigenvalue weighted by Gasteiger charge is -2.36. The first-order valence-corrected chi connectivity index (χ1v) is 11.1. The van der Waals surface area contributed by atoms with Crippen molar-refractivity contribution in [2.75, 3.05) is 5.75 Å². The third kappa shape index (κ3) is 5.47. The van der Waals surface area contributed by atoms with Gasteiger partial charge in [-0.05, 0) is 36.2 Å². The predicted molar refractivity (Wildman–Crippen MR) is 113 cm³/mol. The van der Waals surface area contributed by atoms with E-state index in [2.05, 4.69) is 31.1 Å². The lowest BCUT2D eigenvalue weighted by molar-refractivity contribution is -0.152. The average molecular weight is 417 g/mol. The fourth-order valence-corrected chi connectivity index (χ4v) is 4.72. The summed E-state index contributed by atoms with van der Waals surface area (Å²) in [6.45, 7) is 6.52. The number of thioether (sulfide) groups is 1. The van der Waals surface area contributed by atoms with Crippen LogP contribution in [0.5, 0.6) is 0 Å². The zero-order valence-corrected chi connectivity index (χ0v) is 17.9. The third-order valence-corrected chi connectivity index (χ3v) is 6.50. The minimum atomic E-state index is -0.942. The van der Waals surface area contributed by atoms with E-state index in [1.807, 2.05) is 6.07 Å². The fraction of sp³-hybridized carbons (Fsp3) is 0.545. The zero-order valence-electron chi connectivity index (χ0n) is 17.1. The topological polar surface area (TPSA) is 84.8 Å². The van der Waals surface area contributed by atoms with Crippen LogP contribution in [0.2, 0.25) is 0 Å². The molecule has 29 heavy (non-hydrogen) atoms. The Morgan fingerprint density at radius 2 is 1.97 bits per heavy atom. The largest absolute Gasteiger partial charge is 0.461 e. The van der Waals surface area contributed by atoms with Crippen molar-refractivity contribution in [2.45, 2.75) is 52.1 Å². The van der Waals surface area contributed by atoms with E-state index < -0.39 is 17.7 Å². The van der Waals surface area contributed by atoms with Gasteiger partial charge in [-0.3, -0.25) is 14.4 Å². The molecule has 0 spiro atoms. The molecule has 1 aliphatic heterocycles. The van der Waals surface area contributed by atoms with Crippen molar-refractivity contribution in [1.29, 1.82) is 0 Å². The molecule has 2 aliphatic rings. The summed E-state index contributed by atoms with van der Waals surface area (Å²) in [5, 5.41) is 2.79. The summed E-state index contributed by atoms with van der Waals surface area (Å²) >= 11 is 1.03. The number of esters is 1. The molecule has 1 saturated carbocycles. The van der Waals surface area contributed by atoms with Gasteiger partial charge in [-0.15, -0.1) is 0 Å². The zero-order chi connectivity index (χ0) is 21.0. The number of ether oxygens (including phenoxy) is 1. The van der Waals surface area contributed by atoms with E-state index in [4.69, 9.17) is 4.74 Å². The van der Waals surface area contributed by atoms with E-state index in [-0.39, 0.29) is 23.0 Å². The molecule has 156 valence electrons. The minimum Gasteiger partial charge on any atom is -0.461 e. The first-order valence-electron chi connectivity index (χ1n) is 10.2. The van der Waals surface area contributed by atoms with Crippen LogP contribution in [-0.4, -0.2) is 34.8 Å². The molecule has 1 fully saturated rings. The molecule has 1 N–H and O–H groups in total. The Balaban J connectivity index is 1.56. The Morgan fingerprint density at radius 3 is 2.62 bits per heavy atom. The van der Waals surface area contributed by atoms with E-state index in [1.54, 1.807) is 24.3 Å². The highest BCUT2D eigenvalue weighted by atomic mass is 32.2. The van der Waals surface area contributed by atoms with Crippen LogP contribution < -0.4 is 5.32 Å². The summed E-state index contributed by atoms with van der Waals surface area (Å²) in [7, 11) is 0. The van der Waals surface area contributed by atoms with Crippen LogP contribution in [0.1, 0.15) is 51.5 Å². The molecule has 4 atom stereocenters. The second kappa shape index (κ2) is 9.57. The van der Waals surface area contributed by atoms with Crippen LogP contribution in [0.15, 0.2) is 35.3 Å². The highest BCUT2D eigenvalue weighted by molar-refractivity contribution is 8.14. The fourth-order valence-electron chi connectivity index (χ4n) is 4.07. The second-order valence-electron chi connectivity index (χ2n) is 8.23. The van der Waals surface area contributed by atoms with Crippen molar-refractivity contribution in [3.63, 3.8) is 0 Å². The number of nitrogens with one attached hydrogen (secondary N) is 1. The Morgan fingerprint density at radius 1 is 1.24 bits per heavy atom. The number of amidine groups is 1. The van der Waals surface area contributed by atoms with Gasteiger partial charge in [0, 0.05) is 0 Å². The van der Waals surface area contributed by atoms with Crippen LogP contribution in [0, 0.1) is 17.8 Å². The molecule has 6 nitrogen and oxygen atoms in total. The van der Waals surface area contributed by atoms with Gasteiger partial charge in [0.05, 0.1) is 5.75 Å². The van der Waals surface area contributed by atoms with Crippen LogP contribution in [0.25, 0.3) is 0 Å². The maximum absolute atomic E-state index is 12.4. The van der Waals surface area contributed by atoms with Gasteiger partial charge in [-0.1, -0.05) is 69.3 Å². The molecule has 0 unspecified atom stereocenters. The summed E-state index contributed by atoms with van der Waals surface area (Å²) in [5.74, 6) is -0.826. The second-order valence-corrected chi connectivity index (χ2v) is 9.20. The molecular formula is C22H28N2O4S. The molecular weight excluding hydrogens is 388 g/mol. The van der Waals surface area contributed by atoms with Crippen molar-refractivity contribution in [3.8, 4) is 0 Å². The lowest BCUT2D eigenvalue weighted by Crippen LogP contribution is -2.42. The van der Waals surface area contributed by atoms with Gasteiger partial charge in [0.1, 0.15) is 12.0 Å². The Hall–Kier alpha value is -2.15. The predicted octanol–water partition coefficient (Wildman–Crippen LogP) is 3.52. The first-order chi connectivity index (χ1) is 13.8. The summed E-state index contributed by atoms with van der Waals surface area (Å²) < 4.78 is 5.76. The van der Waals surface area contributed by atoms with E-state index in [9.17, 15) is 14.4 Å². The first kappa shape index (κ1) is 21.6. The summed E-state index contributed by atoms with van der Waals surface area (Å²) in [4.78, 5) is 41.1. The van der Waals surface area contributed by atoms with Gasteiger partial charge in [0.25, 0.3) is 5.91 Å². The van der Waals surface area contributed by atoms with Crippen LogP contribution in [-0.2, 0) is 19.1 Å². The molecule has 1 aliphatic carbocycles. The number of amides is 2. The molecule has 0 radical (unpaired) electrons. The van der Waals surface area contributed by atoms with Gasteiger partial charge in [-0.25, -0.2) is 0 Å². The average Bonchev–Trinajstić information content (AvgIpc) is 2.66. The monoisotopic (exact) mass is 416 g/mol. The smallest absolute Gasteiger partial charge is 0.316 e. The SMILES string of the molecule is CC(C)[C@@H]1CC[C@H](C)C[C@H]1OC(=O)CSC1=NC(=O)[C@H](c2ccccc2)C(=O)N1. The summed E-state index contributed by atoms with van der Waals surface area (Å²) in [6, 6.07) is 8.82. The Kier molecular flexibility index (Phi) is 7.11. The van der Waals surface area contributed by atoms with Gasteiger partial charge in [-0.2, -0.15) is 4.99 Å². The van der Waals surface area contributed by atoms with E-state index in [1.165, 1.54) is 6.42 Å². The molecule has 0 aromatic heterocycles. The molecule has 3 rings (SSSR count). The van der Waals surface area contributed by atoms with Gasteiger partial charge in [0.2, 0.25) is 5.91 Å². The molecule has 1 aromatic rings. The van der Waals surface area contributed by atoms with Crippen molar-refractivity contribution < 1.29 is 19.1 Å². The molecule has 0 saturated heterocycles. The number of carbonyl (C=O) groups excluding carboxylic acids is 3. The van der Waals surface area contributed by atoms with Crippen LogP contribution in [0.3, 0.4) is 0 Å². The van der Waals surface area contributed by atoms with E-state index in [0.717, 1.165) is 24.6 Å². The lowest BCUT2D eigenvalue weighted by atomic mass is 9.75. The van der Waals surface area contributed by atoms with Crippen molar-refractivity contribution in [3.05, 3.63) is 35.9 Å². The minimum absolute atomic E-state index is 0.0120. The number of carbonyl (C=O) groups is 3. The molecule has 1 heterocycles. The maximum atomic E-state index is 12.4. The van der Waals surface area contributed by atoms with Crippen LogP contribution >= 0.6 is 11.8 Å². The van der Waals surface area contributed by atoms with Gasteiger partial charge in [0.15, 0.2) is 5.17 Å². The molecule has 0 bridgehead atoms. The summed E-state index contributed by atoms with van der Waals surface area (Å²) in [6.07, 6.45) is 3.05. The van der Waals surface area contributed by atoms with Crippen LogP contribution in [0.4, 0.5) is 0 Å². The standard InChI is InChI=1S/C22H28N2O4S/c1-13(2)16-10-9-14(3)11-17(16)28-18(25)12-29-22-23-20(26)19(21(27)24-22)15-7-5-4-6-8-15/h4-8,13-14,16-17,19H,9-12H2,1-3H3,(H,23,24,26,27)/t14-,16-,17+/m0/s1. The molecule has 2 amide bonds. The van der Waals surface area contributed by atoms with Crippen molar-refractivity contribution in [1.82, 2.24) is 5.32 Å². The van der Waals surface area contributed by atoms with E-state index >= 15 is 0 Å². The Labute approximate surface area is 175 Å². The summed E-state index contributed by atoms with van der Waals surface area (Å²) in [5.41, 5.74) is 0.605. The van der Waals surface area contributed by atoms with Gasteiger partial charge >= 0.3 is 5.97 Å². The number of hydrogen-bond donors (Lipinski definition) is 1. The maximum Gasteiger partial charge on any atom is 0.316 e. The normalized spacial score (nSPS) is 27.4. The molecule has 7 heteroatoms. The third-order valence-electron chi connectivity index (χ3n) is 5.65. The quantitative estimate of drug-likeness (QED) is 0.586. The Bertz CT molecular complexity index is 793. The highest BCUT2D eigenvalue weighted by Crippen LogP contribution is 2.35.